The lowest BCUT2D eigenvalue weighted by molar-refractivity contribution is 0.0502. The maximum absolute atomic E-state index is 6.28. The first kappa shape index (κ1) is 19.6. The molecule has 2 nitrogen and oxygen atoms in total. The molecule has 0 fully saturated rings. The third-order valence-electron chi connectivity index (χ3n) is 4.34. The van der Waals surface area contributed by atoms with Crippen molar-refractivity contribution in [1.29, 1.82) is 0 Å². The summed E-state index contributed by atoms with van der Waals surface area (Å²) < 4.78 is 11.2. The number of hydrogen-bond acceptors (Lipinski definition) is 2. The SMILES string of the molecule is [B]c1ccccc1-c1cc(C(C)(C)C)cc(C(C)(C)C)c1OCOC. The van der Waals surface area contributed by atoms with E-state index in [9.17, 15) is 0 Å². The lowest BCUT2D eigenvalue weighted by Gasteiger charge is -2.29. The van der Waals surface area contributed by atoms with Crippen molar-refractivity contribution < 1.29 is 9.47 Å². The molecule has 0 saturated carbocycles. The van der Waals surface area contributed by atoms with Gasteiger partial charge < -0.3 is 9.47 Å². The number of ether oxygens (including phenoxy) is 2. The summed E-state index contributed by atoms with van der Waals surface area (Å²) in [5, 5.41) is 0. The minimum absolute atomic E-state index is 0.0259. The Hall–Kier alpha value is -1.74. The summed E-state index contributed by atoms with van der Waals surface area (Å²) in [6.07, 6.45) is 0. The summed E-state index contributed by atoms with van der Waals surface area (Å²) in [4.78, 5) is 0. The van der Waals surface area contributed by atoms with E-state index in [4.69, 9.17) is 17.3 Å². The van der Waals surface area contributed by atoms with Crippen LogP contribution in [0.4, 0.5) is 0 Å². The Morgan fingerprint density at radius 3 is 2.04 bits per heavy atom. The molecule has 0 amide bonds. The highest BCUT2D eigenvalue weighted by Crippen LogP contribution is 2.42. The third kappa shape index (κ3) is 4.46. The van der Waals surface area contributed by atoms with Gasteiger partial charge in [-0.25, -0.2) is 0 Å². The van der Waals surface area contributed by atoms with E-state index in [0.717, 1.165) is 27.9 Å². The van der Waals surface area contributed by atoms with Crippen molar-refractivity contribution in [3.63, 3.8) is 0 Å². The summed E-state index contributed by atoms with van der Waals surface area (Å²) in [5.74, 6) is 0.847. The second kappa shape index (κ2) is 7.25. The van der Waals surface area contributed by atoms with Crippen LogP contribution >= 0.6 is 0 Å². The van der Waals surface area contributed by atoms with Gasteiger partial charge in [0.05, 0.1) is 0 Å². The van der Waals surface area contributed by atoms with Crippen molar-refractivity contribution in [3.05, 3.63) is 47.5 Å². The van der Waals surface area contributed by atoms with Gasteiger partial charge in [0.2, 0.25) is 0 Å². The lowest BCUT2D eigenvalue weighted by Crippen LogP contribution is -2.20. The van der Waals surface area contributed by atoms with Crippen LogP contribution in [-0.4, -0.2) is 21.7 Å². The average molecular weight is 336 g/mol. The Balaban J connectivity index is 2.84. The first-order valence-electron chi connectivity index (χ1n) is 8.71. The van der Waals surface area contributed by atoms with Crippen LogP contribution in [0, 0.1) is 0 Å². The summed E-state index contributed by atoms with van der Waals surface area (Å²) in [7, 11) is 7.92. The third-order valence-corrected chi connectivity index (χ3v) is 4.34. The molecule has 0 atom stereocenters. The second-order valence-electron chi connectivity index (χ2n) is 8.54. The molecule has 0 aliphatic carbocycles. The minimum Gasteiger partial charge on any atom is -0.467 e. The Labute approximate surface area is 154 Å². The van der Waals surface area contributed by atoms with Crippen LogP contribution in [0.1, 0.15) is 52.7 Å². The predicted octanol–water partition coefficient (Wildman–Crippen LogP) is 4.73. The van der Waals surface area contributed by atoms with Gasteiger partial charge in [0.25, 0.3) is 0 Å². The summed E-state index contributed by atoms with van der Waals surface area (Å²) in [6.45, 7) is 13.5. The van der Waals surface area contributed by atoms with Gasteiger partial charge in [-0.15, -0.1) is 0 Å². The van der Waals surface area contributed by atoms with Crippen LogP contribution in [0.3, 0.4) is 0 Å². The highest BCUT2D eigenvalue weighted by atomic mass is 16.7. The topological polar surface area (TPSA) is 18.5 Å². The van der Waals surface area contributed by atoms with Crippen LogP contribution in [0.2, 0.25) is 0 Å². The number of benzene rings is 2. The largest absolute Gasteiger partial charge is 0.467 e. The molecule has 2 radical (unpaired) electrons. The fourth-order valence-corrected chi connectivity index (χ4v) is 2.83. The Morgan fingerprint density at radius 2 is 1.52 bits per heavy atom. The average Bonchev–Trinajstić information content (AvgIpc) is 2.51. The van der Waals surface area contributed by atoms with Gasteiger partial charge in [-0.1, -0.05) is 77.3 Å². The van der Waals surface area contributed by atoms with Crippen LogP contribution in [0.25, 0.3) is 11.1 Å². The molecular formula is C22H29BO2. The van der Waals surface area contributed by atoms with E-state index >= 15 is 0 Å². The summed E-state index contributed by atoms with van der Waals surface area (Å²) in [5.41, 5.74) is 5.14. The second-order valence-corrected chi connectivity index (χ2v) is 8.54. The van der Waals surface area contributed by atoms with Gasteiger partial charge in [-0.3, -0.25) is 0 Å². The molecule has 0 aliphatic rings. The molecule has 0 unspecified atom stereocenters. The highest BCUT2D eigenvalue weighted by Gasteiger charge is 2.27. The monoisotopic (exact) mass is 336 g/mol. The van der Waals surface area contributed by atoms with E-state index in [2.05, 4.69) is 53.7 Å². The standard InChI is InChI=1S/C22H29BO2/c1-21(2,3)15-12-17(16-10-8-9-11-19(16)23)20(25-14-24-7)18(13-15)22(4,5)6/h8-13H,14H2,1-7H3. The molecule has 132 valence electrons. The molecule has 2 rings (SSSR count). The van der Waals surface area contributed by atoms with E-state index in [1.54, 1.807) is 7.11 Å². The van der Waals surface area contributed by atoms with Crippen LogP contribution in [-0.2, 0) is 15.6 Å². The zero-order valence-electron chi connectivity index (χ0n) is 16.6. The highest BCUT2D eigenvalue weighted by molar-refractivity contribution is 6.36. The van der Waals surface area contributed by atoms with Gasteiger partial charge in [0, 0.05) is 18.2 Å². The minimum atomic E-state index is -0.0668. The van der Waals surface area contributed by atoms with Gasteiger partial charge >= 0.3 is 0 Å². The van der Waals surface area contributed by atoms with Crippen LogP contribution < -0.4 is 10.2 Å². The van der Waals surface area contributed by atoms with Gasteiger partial charge in [0.1, 0.15) is 13.6 Å². The molecule has 0 spiro atoms. The number of methoxy groups -OCH3 is 1. The van der Waals surface area contributed by atoms with Crippen molar-refractivity contribution in [2.45, 2.75) is 52.4 Å². The van der Waals surface area contributed by atoms with Crippen LogP contribution in [0.5, 0.6) is 5.75 Å². The first-order valence-corrected chi connectivity index (χ1v) is 8.71. The molecule has 0 aliphatic heterocycles. The molecular weight excluding hydrogens is 307 g/mol. The Bertz CT molecular complexity index is 737. The van der Waals surface area contributed by atoms with Gasteiger partial charge in [-0.2, -0.15) is 0 Å². The van der Waals surface area contributed by atoms with Crippen molar-refractivity contribution in [3.8, 4) is 16.9 Å². The van der Waals surface area contributed by atoms with E-state index in [0.29, 0.717) is 0 Å². The zero-order valence-corrected chi connectivity index (χ0v) is 16.6. The molecule has 25 heavy (non-hydrogen) atoms. The van der Waals surface area contributed by atoms with E-state index in [1.165, 1.54) is 5.56 Å². The number of rotatable bonds is 4. The summed E-state index contributed by atoms with van der Waals surface area (Å²) in [6, 6.07) is 12.4. The Kier molecular flexibility index (Phi) is 5.68. The molecule has 0 saturated heterocycles. The van der Waals surface area contributed by atoms with Crippen molar-refractivity contribution in [2.75, 3.05) is 13.9 Å². The van der Waals surface area contributed by atoms with Crippen molar-refractivity contribution in [2.24, 2.45) is 0 Å². The fourth-order valence-electron chi connectivity index (χ4n) is 2.83. The molecule has 0 N–H and O–H groups in total. The molecule has 0 bridgehead atoms. The molecule has 2 aromatic rings. The first-order chi connectivity index (χ1) is 11.6. The van der Waals surface area contributed by atoms with Crippen molar-refractivity contribution >= 4 is 13.3 Å². The smallest absolute Gasteiger partial charge is 0.188 e. The van der Waals surface area contributed by atoms with Crippen LogP contribution in [0.15, 0.2) is 36.4 Å². The van der Waals surface area contributed by atoms with E-state index in [-0.39, 0.29) is 17.6 Å². The zero-order chi connectivity index (χ0) is 18.8. The molecule has 0 heterocycles. The summed E-state index contributed by atoms with van der Waals surface area (Å²) >= 11 is 0. The van der Waals surface area contributed by atoms with Gasteiger partial charge in [0.15, 0.2) is 6.79 Å². The van der Waals surface area contributed by atoms with E-state index < -0.39 is 0 Å². The lowest BCUT2D eigenvalue weighted by atomic mass is 9.76. The maximum Gasteiger partial charge on any atom is 0.188 e. The predicted molar refractivity (Wildman–Crippen MR) is 107 cm³/mol. The quantitative estimate of drug-likeness (QED) is 0.594. The Morgan fingerprint density at radius 1 is 0.880 bits per heavy atom. The van der Waals surface area contributed by atoms with Crippen molar-refractivity contribution in [1.82, 2.24) is 0 Å². The normalized spacial score (nSPS) is 12.3. The molecule has 0 aromatic heterocycles. The maximum atomic E-state index is 6.28. The molecule has 2 aromatic carbocycles. The van der Waals surface area contributed by atoms with Gasteiger partial charge in [-0.05, 0) is 28.0 Å². The molecule has 3 heteroatoms. The van der Waals surface area contributed by atoms with E-state index in [1.807, 2.05) is 24.3 Å². The fraction of sp³-hybridized carbons (Fsp3) is 0.455. The number of hydrogen-bond donors (Lipinski definition) is 0.